The van der Waals surface area contributed by atoms with Crippen molar-refractivity contribution in [3.63, 3.8) is 0 Å². The number of anilines is 1. The molecule has 1 N–H and O–H groups in total. The van der Waals surface area contributed by atoms with Crippen LogP contribution in [0.4, 0.5) is 10.2 Å². The third kappa shape index (κ3) is 3.80. The molecule has 0 unspecified atom stereocenters. The summed E-state index contributed by atoms with van der Waals surface area (Å²) >= 11 is 6.20. The van der Waals surface area contributed by atoms with Crippen LogP contribution in [-0.4, -0.2) is 53.0 Å². The molecule has 2 saturated carbocycles. The van der Waals surface area contributed by atoms with E-state index in [0.29, 0.717) is 27.9 Å². The molecule has 6 rings (SSSR count). The highest BCUT2D eigenvalue weighted by Gasteiger charge is 2.57. The summed E-state index contributed by atoms with van der Waals surface area (Å²) in [5.41, 5.74) is 1.65. The number of nitrogens with one attached hydrogen (secondary N) is 1. The molecule has 2 aromatic rings. The van der Waals surface area contributed by atoms with E-state index in [9.17, 15) is 4.39 Å². The minimum absolute atomic E-state index is 0.329. The van der Waals surface area contributed by atoms with Crippen LogP contribution in [0, 0.1) is 23.6 Å². The first kappa shape index (κ1) is 20.8. The average molecular weight is 457 g/mol. The Balaban J connectivity index is 1.06. The molecule has 0 bridgehead atoms. The number of likely N-dealkylation sites (tertiary alicyclic amines) is 1. The Morgan fingerprint density at radius 1 is 1.03 bits per heavy atom. The topological polar surface area (TPSA) is 50.3 Å². The molecular formula is C25H30ClFN4O. The summed E-state index contributed by atoms with van der Waals surface area (Å²) in [4.78, 5) is 2.85. The Kier molecular flexibility index (Phi) is 5.35. The number of hydrogen-bond acceptors (Lipinski definition) is 5. The molecule has 2 aliphatic carbocycles. The molecule has 3 atom stereocenters. The highest BCUT2D eigenvalue weighted by atomic mass is 35.5. The molecule has 1 aromatic carbocycles. The Morgan fingerprint density at radius 3 is 2.44 bits per heavy atom. The highest BCUT2D eigenvalue weighted by Crippen LogP contribution is 2.55. The smallest absolute Gasteiger partial charge is 0.148 e. The van der Waals surface area contributed by atoms with Gasteiger partial charge < -0.3 is 10.1 Å². The van der Waals surface area contributed by atoms with E-state index in [1.54, 1.807) is 6.07 Å². The van der Waals surface area contributed by atoms with Gasteiger partial charge in [0.25, 0.3) is 0 Å². The van der Waals surface area contributed by atoms with E-state index >= 15 is 0 Å². The molecular weight excluding hydrogens is 427 g/mol. The zero-order valence-corrected chi connectivity index (χ0v) is 19.0. The molecule has 2 aliphatic heterocycles. The normalized spacial score (nSPS) is 29.8. The molecule has 7 heteroatoms. The summed E-state index contributed by atoms with van der Waals surface area (Å²) in [6.45, 7) is 4.40. The first-order valence-electron chi connectivity index (χ1n) is 12.0. The maximum absolute atomic E-state index is 13.6. The van der Waals surface area contributed by atoms with Crippen molar-refractivity contribution in [2.75, 3.05) is 31.6 Å². The van der Waals surface area contributed by atoms with Crippen LogP contribution >= 0.6 is 11.6 Å². The number of aromatic nitrogens is 2. The standard InChI is InChI=1S/C25H30ClFN4O/c26-22-2-1-19(27)13-21(22)23-3-4-24(30-29-23)28-20-11-16-14-31(15-17(16)12-20)25(7-8-25)18-5-9-32-10-6-18/h1-4,13,16-18,20H,5-12,14-15H2,(H,28,30)/t16-,17+,20+. The largest absolute Gasteiger partial charge is 0.381 e. The third-order valence-corrected chi connectivity index (χ3v) is 8.67. The van der Waals surface area contributed by atoms with E-state index in [0.717, 1.165) is 36.8 Å². The lowest BCUT2D eigenvalue weighted by molar-refractivity contribution is 0.0202. The molecule has 5 nitrogen and oxygen atoms in total. The minimum atomic E-state index is -0.329. The highest BCUT2D eigenvalue weighted by molar-refractivity contribution is 6.33. The Hall–Kier alpha value is -1.76. The van der Waals surface area contributed by atoms with Gasteiger partial charge in [0.2, 0.25) is 0 Å². The number of hydrogen-bond donors (Lipinski definition) is 1. The minimum Gasteiger partial charge on any atom is -0.381 e. The van der Waals surface area contributed by atoms with E-state index in [4.69, 9.17) is 16.3 Å². The summed E-state index contributed by atoms with van der Waals surface area (Å²) in [5.74, 6) is 2.85. The van der Waals surface area contributed by atoms with E-state index in [2.05, 4.69) is 20.4 Å². The molecule has 0 amide bonds. The third-order valence-electron chi connectivity index (χ3n) is 8.35. The molecule has 4 fully saturated rings. The van der Waals surface area contributed by atoms with E-state index in [1.807, 2.05) is 12.1 Å². The van der Waals surface area contributed by atoms with Gasteiger partial charge in [-0.1, -0.05) is 11.6 Å². The van der Waals surface area contributed by atoms with Gasteiger partial charge in [0.1, 0.15) is 11.6 Å². The number of benzene rings is 1. The van der Waals surface area contributed by atoms with Crippen LogP contribution in [0.15, 0.2) is 30.3 Å². The summed E-state index contributed by atoms with van der Waals surface area (Å²) in [6.07, 6.45) is 7.65. The Labute approximate surface area is 193 Å². The molecule has 2 saturated heterocycles. The Bertz CT molecular complexity index is 962. The van der Waals surface area contributed by atoms with Gasteiger partial charge in [-0.3, -0.25) is 4.90 Å². The number of rotatable bonds is 5. The lowest BCUT2D eigenvalue weighted by Gasteiger charge is -2.38. The second-order valence-electron chi connectivity index (χ2n) is 10.2. The predicted molar refractivity (Wildman–Crippen MR) is 123 cm³/mol. The molecule has 0 spiro atoms. The fraction of sp³-hybridized carbons (Fsp3) is 0.600. The predicted octanol–water partition coefficient (Wildman–Crippen LogP) is 5.02. The van der Waals surface area contributed by atoms with Gasteiger partial charge in [0.05, 0.1) is 10.7 Å². The van der Waals surface area contributed by atoms with Crippen molar-refractivity contribution in [2.24, 2.45) is 17.8 Å². The van der Waals surface area contributed by atoms with Gasteiger partial charge in [-0.25, -0.2) is 4.39 Å². The van der Waals surface area contributed by atoms with Crippen molar-refractivity contribution in [1.82, 2.24) is 15.1 Å². The van der Waals surface area contributed by atoms with Crippen molar-refractivity contribution >= 4 is 17.4 Å². The molecule has 0 radical (unpaired) electrons. The molecule has 3 heterocycles. The van der Waals surface area contributed by atoms with E-state index in [1.165, 1.54) is 63.7 Å². The number of nitrogens with zero attached hydrogens (tertiary/aromatic N) is 3. The first-order valence-corrected chi connectivity index (χ1v) is 12.4. The maximum Gasteiger partial charge on any atom is 0.148 e. The van der Waals surface area contributed by atoms with Crippen LogP contribution in [0.3, 0.4) is 0 Å². The average Bonchev–Trinajstić information content (AvgIpc) is 3.40. The first-order chi connectivity index (χ1) is 15.6. The summed E-state index contributed by atoms with van der Waals surface area (Å²) in [5, 5.41) is 12.7. The lowest BCUT2D eigenvalue weighted by Crippen LogP contribution is -2.44. The van der Waals surface area contributed by atoms with Crippen molar-refractivity contribution < 1.29 is 9.13 Å². The summed E-state index contributed by atoms with van der Waals surface area (Å²) < 4.78 is 19.2. The molecule has 1 aromatic heterocycles. The number of ether oxygens (including phenoxy) is 1. The number of fused-ring (bicyclic) bond motifs is 1. The Morgan fingerprint density at radius 2 is 1.78 bits per heavy atom. The van der Waals surface area contributed by atoms with Crippen LogP contribution in [0.25, 0.3) is 11.3 Å². The van der Waals surface area contributed by atoms with Crippen molar-refractivity contribution in [1.29, 1.82) is 0 Å². The van der Waals surface area contributed by atoms with Crippen LogP contribution in [0.2, 0.25) is 5.02 Å². The second kappa shape index (κ2) is 8.23. The number of halogens is 2. The zero-order chi connectivity index (χ0) is 21.7. The zero-order valence-electron chi connectivity index (χ0n) is 18.3. The quantitative estimate of drug-likeness (QED) is 0.684. The van der Waals surface area contributed by atoms with Crippen molar-refractivity contribution in [2.45, 2.75) is 50.1 Å². The van der Waals surface area contributed by atoms with E-state index in [-0.39, 0.29) is 5.82 Å². The summed E-state index contributed by atoms with van der Waals surface area (Å²) in [7, 11) is 0. The van der Waals surface area contributed by atoms with Gasteiger partial charge in [0.15, 0.2) is 0 Å². The monoisotopic (exact) mass is 456 g/mol. The van der Waals surface area contributed by atoms with E-state index < -0.39 is 0 Å². The lowest BCUT2D eigenvalue weighted by atomic mass is 9.88. The van der Waals surface area contributed by atoms with Gasteiger partial charge in [-0.15, -0.1) is 10.2 Å². The van der Waals surface area contributed by atoms with Crippen molar-refractivity contribution in [3.8, 4) is 11.3 Å². The van der Waals surface area contributed by atoms with Crippen LogP contribution in [0.1, 0.15) is 38.5 Å². The van der Waals surface area contributed by atoms with Gasteiger partial charge in [-0.05, 0) is 86.6 Å². The fourth-order valence-corrected chi connectivity index (χ4v) is 6.80. The van der Waals surface area contributed by atoms with Crippen molar-refractivity contribution in [3.05, 3.63) is 41.2 Å². The van der Waals surface area contributed by atoms with Crippen LogP contribution < -0.4 is 5.32 Å². The van der Waals surface area contributed by atoms with Gasteiger partial charge >= 0.3 is 0 Å². The molecule has 170 valence electrons. The van der Waals surface area contributed by atoms with Crippen LogP contribution in [-0.2, 0) is 4.74 Å². The SMILES string of the molecule is Fc1ccc(Cl)c(-c2ccc(N[C@H]3C[C@@H]4CN(C5(C6CCOCC6)CC5)C[C@@H]4C3)nn2)c1. The van der Waals surface area contributed by atoms with Gasteiger partial charge in [0, 0.05) is 43.4 Å². The fourth-order valence-electron chi connectivity index (χ4n) is 6.58. The van der Waals surface area contributed by atoms with Crippen LogP contribution in [0.5, 0.6) is 0 Å². The maximum atomic E-state index is 13.6. The summed E-state index contributed by atoms with van der Waals surface area (Å²) in [6, 6.07) is 8.53. The molecule has 32 heavy (non-hydrogen) atoms. The molecule has 4 aliphatic rings. The van der Waals surface area contributed by atoms with Gasteiger partial charge in [-0.2, -0.15) is 0 Å². The second-order valence-corrected chi connectivity index (χ2v) is 10.6.